The van der Waals surface area contributed by atoms with Crippen molar-refractivity contribution in [2.45, 2.75) is 39.7 Å². The van der Waals surface area contributed by atoms with Crippen LogP contribution in [0.3, 0.4) is 0 Å². The number of nitrogens with one attached hydrogen (secondary N) is 1. The van der Waals surface area contributed by atoms with Gasteiger partial charge in [0.25, 0.3) is 0 Å². The Morgan fingerprint density at radius 3 is 2.68 bits per heavy atom. The quantitative estimate of drug-likeness (QED) is 0.911. The molecule has 1 aromatic rings. The second-order valence-corrected chi connectivity index (χ2v) is 9.50. The maximum absolute atomic E-state index is 12.4. The third kappa shape index (κ3) is 4.08. The highest BCUT2D eigenvalue weighted by atomic mass is 32.2. The van der Waals surface area contributed by atoms with Crippen molar-refractivity contribution < 1.29 is 13.2 Å². The van der Waals surface area contributed by atoms with Crippen LogP contribution < -0.4 is 5.32 Å². The van der Waals surface area contributed by atoms with E-state index in [1.165, 1.54) is 20.3 Å². The van der Waals surface area contributed by atoms with Gasteiger partial charge in [-0.25, -0.2) is 12.7 Å². The highest BCUT2D eigenvalue weighted by molar-refractivity contribution is 7.88. The van der Waals surface area contributed by atoms with E-state index in [1.54, 1.807) is 11.3 Å². The molecule has 0 bridgehead atoms. The summed E-state index contributed by atoms with van der Waals surface area (Å²) in [5, 5.41) is 3.04. The topological polar surface area (TPSA) is 66.5 Å². The van der Waals surface area contributed by atoms with Crippen LogP contribution in [0.25, 0.3) is 0 Å². The van der Waals surface area contributed by atoms with E-state index in [0.717, 1.165) is 18.4 Å². The van der Waals surface area contributed by atoms with Gasteiger partial charge in [0.15, 0.2) is 0 Å². The third-order valence-corrected chi connectivity index (χ3v) is 6.38. The molecule has 0 aliphatic carbocycles. The third-order valence-electron chi connectivity index (χ3n) is 4.13. The number of rotatable bonds is 4. The van der Waals surface area contributed by atoms with Crippen LogP contribution in [0.5, 0.6) is 0 Å². The first-order valence-electron chi connectivity index (χ1n) is 7.51. The molecule has 0 spiro atoms. The number of hydrogen-bond donors (Lipinski definition) is 1. The molecule has 124 valence electrons. The zero-order chi connectivity index (χ0) is 16.5. The van der Waals surface area contributed by atoms with Crippen molar-refractivity contribution in [2.24, 2.45) is 5.92 Å². The number of carbonyl (C=O) groups excluding carboxylic acids is 1. The van der Waals surface area contributed by atoms with Gasteiger partial charge >= 0.3 is 0 Å². The standard InChI is InChI=1S/C15H24N2O3S2/c1-10-8-14(12(3)21-10)11(2)16-15(18)13-6-5-7-17(9-13)22(4,19)20/h8,11,13H,5-7,9H2,1-4H3,(H,16,18)/t11-,13+/m0/s1. The summed E-state index contributed by atoms with van der Waals surface area (Å²) in [6, 6.07) is 2.06. The van der Waals surface area contributed by atoms with Crippen LogP contribution in [0, 0.1) is 19.8 Å². The molecule has 5 nitrogen and oxygen atoms in total. The molecule has 1 N–H and O–H groups in total. The van der Waals surface area contributed by atoms with E-state index < -0.39 is 10.0 Å². The Bertz CT molecular complexity index is 652. The Morgan fingerprint density at radius 1 is 1.45 bits per heavy atom. The lowest BCUT2D eigenvalue weighted by Crippen LogP contribution is -2.45. The molecule has 2 atom stereocenters. The average Bonchev–Trinajstić information content (AvgIpc) is 2.77. The molecule has 0 unspecified atom stereocenters. The Kier molecular flexibility index (Phi) is 5.29. The minimum atomic E-state index is -3.22. The molecule has 1 saturated heterocycles. The van der Waals surface area contributed by atoms with E-state index in [1.807, 2.05) is 6.92 Å². The summed E-state index contributed by atoms with van der Waals surface area (Å²) in [5.41, 5.74) is 1.15. The lowest BCUT2D eigenvalue weighted by molar-refractivity contribution is -0.126. The van der Waals surface area contributed by atoms with E-state index in [-0.39, 0.29) is 17.9 Å². The lowest BCUT2D eigenvalue weighted by Gasteiger charge is -2.30. The maximum Gasteiger partial charge on any atom is 0.224 e. The fourth-order valence-electron chi connectivity index (χ4n) is 2.95. The smallest absolute Gasteiger partial charge is 0.224 e. The molecule has 2 heterocycles. The second kappa shape index (κ2) is 6.68. The van der Waals surface area contributed by atoms with Gasteiger partial charge in [-0.15, -0.1) is 11.3 Å². The largest absolute Gasteiger partial charge is 0.349 e. The van der Waals surface area contributed by atoms with Gasteiger partial charge in [-0.1, -0.05) is 0 Å². The zero-order valence-corrected chi connectivity index (χ0v) is 15.2. The molecule has 2 rings (SSSR count). The molecule has 7 heteroatoms. The predicted molar refractivity (Wildman–Crippen MR) is 89.5 cm³/mol. The fraction of sp³-hybridized carbons (Fsp3) is 0.667. The van der Waals surface area contributed by atoms with Crippen molar-refractivity contribution in [3.05, 3.63) is 21.4 Å². The fourth-order valence-corrected chi connectivity index (χ4v) is 4.88. The molecule has 0 saturated carbocycles. The summed E-state index contributed by atoms with van der Waals surface area (Å²) >= 11 is 1.73. The van der Waals surface area contributed by atoms with Crippen LogP contribution in [-0.2, 0) is 14.8 Å². The molecular formula is C15H24N2O3S2. The highest BCUT2D eigenvalue weighted by Crippen LogP contribution is 2.27. The van der Waals surface area contributed by atoms with Gasteiger partial charge < -0.3 is 5.32 Å². The van der Waals surface area contributed by atoms with Crippen molar-refractivity contribution in [2.75, 3.05) is 19.3 Å². The molecule has 1 amide bonds. The van der Waals surface area contributed by atoms with E-state index in [9.17, 15) is 13.2 Å². The number of piperidine rings is 1. The summed E-state index contributed by atoms with van der Waals surface area (Å²) in [4.78, 5) is 14.9. The van der Waals surface area contributed by atoms with Gasteiger partial charge in [-0.3, -0.25) is 4.79 Å². The minimum absolute atomic E-state index is 0.0499. The Labute approximate surface area is 136 Å². The molecular weight excluding hydrogens is 320 g/mol. The number of hydrogen-bond acceptors (Lipinski definition) is 4. The summed E-state index contributed by atoms with van der Waals surface area (Å²) in [6.07, 6.45) is 2.68. The van der Waals surface area contributed by atoms with Crippen LogP contribution >= 0.6 is 11.3 Å². The molecule has 1 aromatic heterocycles. The first-order valence-corrected chi connectivity index (χ1v) is 10.2. The van der Waals surface area contributed by atoms with Gasteiger partial charge in [-0.05, 0) is 45.2 Å². The van der Waals surface area contributed by atoms with Gasteiger partial charge in [0.05, 0.1) is 18.2 Å². The SMILES string of the molecule is Cc1cc([C@H](C)NC(=O)[C@@H]2CCCN(S(C)(=O)=O)C2)c(C)s1. The highest BCUT2D eigenvalue weighted by Gasteiger charge is 2.30. The number of nitrogens with zero attached hydrogens (tertiary/aromatic N) is 1. The summed E-state index contributed by atoms with van der Waals surface area (Å²) in [5.74, 6) is -0.310. The minimum Gasteiger partial charge on any atom is -0.349 e. The average molecular weight is 345 g/mol. The number of aryl methyl sites for hydroxylation is 2. The van der Waals surface area contributed by atoms with Crippen molar-refractivity contribution in [3.8, 4) is 0 Å². The van der Waals surface area contributed by atoms with Gasteiger partial charge in [0, 0.05) is 22.8 Å². The monoisotopic (exact) mass is 344 g/mol. The first kappa shape index (κ1) is 17.4. The number of sulfonamides is 1. The molecule has 1 aliphatic rings. The summed E-state index contributed by atoms with van der Waals surface area (Å²) in [6.45, 7) is 6.89. The normalized spacial score (nSPS) is 21.5. The molecule has 1 fully saturated rings. The molecule has 0 radical (unpaired) electrons. The first-order chi connectivity index (χ1) is 10.2. The van der Waals surface area contributed by atoms with Gasteiger partial charge in [-0.2, -0.15) is 0 Å². The van der Waals surface area contributed by atoms with Gasteiger partial charge in [0.2, 0.25) is 15.9 Å². The van der Waals surface area contributed by atoms with Crippen molar-refractivity contribution in [1.82, 2.24) is 9.62 Å². The molecule has 0 aromatic carbocycles. The van der Waals surface area contributed by atoms with Crippen molar-refractivity contribution >= 4 is 27.3 Å². The number of carbonyl (C=O) groups is 1. The Hall–Kier alpha value is -0.920. The van der Waals surface area contributed by atoms with Gasteiger partial charge in [0.1, 0.15) is 0 Å². The van der Waals surface area contributed by atoms with E-state index >= 15 is 0 Å². The number of thiophene rings is 1. The van der Waals surface area contributed by atoms with Crippen molar-refractivity contribution in [3.63, 3.8) is 0 Å². The van der Waals surface area contributed by atoms with E-state index in [4.69, 9.17) is 0 Å². The summed E-state index contributed by atoms with van der Waals surface area (Å²) < 4.78 is 24.7. The number of amides is 1. The zero-order valence-electron chi connectivity index (χ0n) is 13.5. The maximum atomic E-state index is 12.4. The van der Waals surface area contributed by atoms with Crippen molar-refractivity contribution in [1.29, 1.82) is 0 Å². The predicted octanol–water partition coefficient (Wildman–Crippen LogP) is 2.21. The lowest BCUT2D eigenvalue weighted by atomic mass is 9.98. The second-order valence-electron chi connectivity index (χ2n) is 6.06. The molecule has 1 aliphatic heterocycles. The Morgan fingerprint density at radius 2 is 2.14 bits per heavy atom. The van der Waals surface area contributed by atoms with Crippen LogP contribution in [-0.4, -0.2) is 38.0 Å². The Balaban J connectivity index is 2.01. The van der Waals surface area contributed by atoms with E-state index in [0.29, 0.717) is 13.1 Å². The summed E-state index contributed by atoms with van der Waals surface area (Å²) in [7, 11) is -3.22. The molecule has 22 heavy (non-hydrogen) atoms. The van der Waals surface area contributed by atoms with Crippen LogP contribution in [0.4, 0.5) is 0 Å². The van der Waals surface area contributed by atoms with Crippen LogP contribution in [0.1, 0.15) is 41.1 Å². The van der Waals surface area contributed by atoms with E-state index in [2.05, 4.69) is 25.2 Å². The van der Waals surface area contributed by atoms with Crippen LogP contribution in [0.15, 0.2) is 6.07 Å². The van der Waals surface area contributed by atoms with Crippen LogP contribution in [0.2, 0.25) is 0 Å².